The van der Waals surface area contributed by atoms with Crippen LogP contribution in [0.2, 0.25) is 0 Å². The molecule has 136 valence electrons. The van der Waals surface area contributed by atoms with Crippen LogP contribution >= 0.6 is 11.3 Å². The first-order valence-corrected chi connectivity index (χ1v) is 9.08. The van der Waals surface area contributed by atoms with Crippen molar-refractivity contribution < 1.29 is 18.3 Å². The van der Waals surface area contributed by atoms with Crippen LogP contribution in [0.1, 0.15) is 26.7 Å². The second-order valence-electron chi connectivity index (χ2n) is 6.14. The minimum absolute atomic E-state index is 0.125. The molecule has 0 aliphatic carbocycles. The van der Waals surface area contributed by atoms with Crippen LogP contribution in [0.25, 0.3) is 21.5 Å². The van der Waals surface area contributed by atoms with Crippen molar-refractivity contribution in [2.24, 2.45) is 0 Å². The Labute approximate surface area is 158 Å². The number of benzene rings is 2. The number of carbonyl (C=O) groups is 1. The number of nitrogens with zero attached hydrogens (tertiary/aromatic N) is 2. The molecule has 0 amide bonds. The number of aromatic nitrogens is 2. The number of hydrogen-bond donors (Lipinski definition) is 0. The largest absolute Gasteiger partial charge is 0.451 e. The van der Waals surface area contributed by atoms with Crippen LogP contribution in [0.5, 0.6) is 0 Å². The van der Waals surface area contributed by atoms with E-state index in [0.29, 0.717) is 21.7 Å². The van der Waals surface area contributed by atoms with Gasteiger partial charge in [-0.1, -0.05) is 17.7 Å². The molecule has 2 aromatic heterocycles. The first kappa shape index (κ1) is 17.4. The zero-order valence-electron chi connectivity index (χ0n) is 14.7. The Morgan fingerprint density at radius 2 is 1.93 bits per heavy atom. The van der Waals surface area contributed by atoms with E-state index in [9.17, 15) is 9.18 Å². The number of ether oxygens (including phenoxy) is 1. The summed E-state index contributed by atoms with van der Waals surface area (Å²) in [7, 11) is 0. The van der Waals surface area contributed by atoms with E-state index < -0.39 is 5.97 Å². The second-order valence-corrected chi connectivity index (χ2v) is 7.19. The summed E-state index contributed by atoms with van der Waals surface area (Å²) in [6.45, 7) is 3.64. The first-order valence-electron chi connectivity index (χ1n) is 8.26. The van der Waals surface area contributed by atoms with Crippen molar-refractivity contribution in [1.29, 1.82) is 0 Å². The van der Waals surface area contributed by atoms with E-state index in [1.54, 1.807) is 13.0 Å². The fourth-order valence-corrected chi connectivity index (χ4v) is 3.79. The van der Waals surface area contributed by atoms with Crippen LogP contribution in [-0.4, -0.2) is 16.2 Å². The summed E-state index contributed by atoms with van der Waals surface area (Å²) in [4.78, 5) is 12.9. The maximum Gasteiger partial charge on any atom is 0.349 e. The molecular formula is C20H15FN2O3S. The molecule has 7 heteroatoms. The van der Waals surface area contributed by atoms with Gasteiger partial charge in [-0.2, -0.15) is 0 Å². The van der Waals surface area contributed by atoms with Crippen LogP contribution in [0.4, 0.5) is 4.39 Å². The highest BCUT2D eigenvalue weighted by molar-refractivity contribution is 7.21. The predicted octanol–water partition coefficient (Wildman–Crippen LogP) is 5.06. The molecular weight excluding hydrogens is 367 g/mol. The van der Waals surface area contributed by atoms with E-state index in [-0.39, 0.29) is 18.3 Å². The molecule has 0 spiro atoms. The monoisotopic (exact) mass is 382 g/mol. The fourth-order valence-electron chi connectivity index (χ4n) is 2.71. The lowest BCUT2D eigenvalue weighted by Crippen LogP contribution is -2.04. The molecule has 4 rings (SSSR count). The molecule has 0 radical (unpaired) electrons. The molecule has 0 N–H and O–H groups in total. The highest BCUT2D eigenvalue weighted by atomic mass is 32.1. The molecule has 0 aliphatic rings. The van der Waals surface area contributed by atoms with Crippen molar-refractivity contribution in [2.75, 3.05) is 0 Å². The zero-order chi connectivity index (χ0) is 19.0. The van der Waals surface area contributed by atoms with Gasteiger partial charge in [-0.05, 0) is 55.1 Å². The third-order valence-electron chi connectivity index (χ3n) is 4.18. The lowest BCUT2D eigenvalue weighted by molar-refractivity contribution is 0.0444. The van der Waals surface area contributed by atoms with Gasteiger partial charge in [-0.15, -0.1) is 21.5 Å². The number of aryl methyl sites for hydroxylation is 2. The summed E-state index contributed by atoms with van der Waals surface area (Å²) in [5.41, 5.74) is 2.63. The zero-order valence-corrected chi connectivity index (χ0v) is 15.5. The number of hydrogen-bond acceptors (Lipinski definition) is 6. The van der Waals surface area contributed by atoms with Gasteiger partial charge in [0.1, 0.15) is 10.7 Å². The summed E-state index contributed by atoms with van der Waals surface area (Å²) < 4.78 is 25.1. The van der Waals surface area contributed by atoms with Gasteiger partial charge in [0.15, 0.2) is 6.61 Å². The molecule has 2 heterocycles. The Morgan fingerprint density at radius 1 is 1.15 bits per heavy atom. The molecule has 2 aromatic carbocycles. The topological polar surface area (TPSA) is 65.2 Å². The highest BCUT2D eigenvalue weighted by Crippen LogP contribution is 2.32. The minimum atomic E-state index is -0.496. The molecule has 5 nitrogen and oxygen atoms in total. The molecule has 27 heavy (non-hydrogen) atoms. The van der Waals surface area contributed by atoms with Gasteiger partial charge in [-0.25, -0.2) is 9.18 Å². The normalized spacial score (nSPS) is 11.1. The average Bonchev–Trinajstić information content (AvgIpc) is 3.26. The maximum absolute atomic E-state index is 13.4. The molecule has 0 saturated carbocycles. The molecule has 0 fully saturated rings. The number of fused-ring (bicyclic) bond motifs is 1. The van der Waals surface area contributed by atoms with Crippen molar-refractivity contribution in [2.45, 2.75) is 20.5 Å². The van der Waals surface area contributed by atoms with Gasteiger partial charge < -0.3 is 9.15 Å². The lowest BCUT2D eigenvalue weighted by Gasteiger charge is -2.01. The molecule has 0 aliphatic heterocycles. The van der Waals surface area contributed by atoms with Gasteiger partial charge >= 0.3 is 5.97 Å². The van der Waals surface area contributed by atoms with Crippen molar-refractivity contribution in [3.63, 3.8) is 0 Å². The number of esters is 1. The molecule has 0 saturated heterocycles. The number of halogens is 1. The van der Waals surface area contributed by atoms with E-state index in [1.165, 1.54) is 23.5 Å². The molecule has 4 aromatic rings. The van der Waals surface area contributed by atoms with Crippen LogP contribution < -0.4 is 0 Å². The number of carbonyl (C=O) groups excluding carboxylic acids is 1. The Morgan fingerprint density at radius 3 is 2.70 bits per heavy atom. The van der Waals surface area contributed by atoms with Crippen molar-refractivity contribution >= 4 is 27.4 Å². The maximum atomic E-state index is 13.4. The van der Waals surface area contributed by atoms with Crippen molar-refractivity contribution in [3.05, 3.63) is 70.2 Å². The van der Waals surface area contributed by atoms with Crippen LogP contribution in [0, 0.1) is 19.7 Å². The Kier molecular flexibility index (Phi) is 4.45. The third-order valence-corrected chi connectivity index (χ3v) is 5.43. The molecule has 0 bridgehead atoms. The van der Waals surface area contributed by atoms with Crippen LogP contribution in [-0.2, 0) is 11.3 Å². The van der Waals surface area contributed by atoms with E-state index >= 15 is 0 Å². The fraction of sp³-hybridized carbons (Fsp3) is 0.150. The second kappa shape index (κ2) is 6.92. The van der Waals surface area contributed by atoms with E-state index in [0.717, 1.165) is 15.8 Å². The molecule has 0 atom stereocenters. The van der Waals surface area contributed by atoms with Crippen LogP contribution in [0.3, 0.4) is 0 Å². The van der Waals surface area contributed by atoms with Gasteiger partial charge in [0.2, 0.25) is 5.89 Å². The molecule has 0 unspecified atom stereocenters. The van der Waals surface area contributed by atoms with E-state index in [1.807, 2.05) is 31.2 Å². The Bertz CT molecular complexity index is 1130. The summed E-state index contributed by atoms with van der Waals surface area (Å²) in [6.07, 6.45) is 0. The van der Waals surface area contributed by atoms with Gasteiger partial charge in [-0.3, -0.25) is 0 Å². The smallest absolute Gasteiger partial charge is 0.349 e. The third kappa shape index (κ3) is 3.46. The Balaban J connectivity index is 1.48. The summed E-state index contributed by atoms with van der Waals surface area (Å²) in [6, 6.07) is 12.1. The Hall–Kier alpha value is -3.06. The summed E-state index contributed by atoms with van der Waals surface area (Å²) in [5, 5.41) is 8.61. The summed E-state index contributed by atoms with van der Waals surface area (Å²) in [5.74, 6) is -0.250. The van der Waals surface area contributed by atoms with Gasteiger partial charge in [0.25, 0.3) is 5.89 Å². The van der Waals surface area contributed by atoms with E-state index in [2.05, 4.69) is 10.2 Å². The van der Waals surface area contributed by atoms with Crippen molar-refractivity contribution in [3.8, 4) is 11.5 Å². The quantitative estimate of drug-likeness (QED) is 0.461. The standard InChI is InChI=1S/C20H15FN2O3S/c1-11-3-5-13(6-4-11)19-23-22-17(26-19)10-25-20(24)18-12(2)15-9-14(21)7-8-16(15)27-18/h3-9H,10H2,1-2H3. The first-order chi connectivity index (χ1) is 13.0. The van der Waals surface area contributed by atoms with Gasteiger partial charge in [0, 0.05) is 10.3 Å². The SMILES string of the molecule is Cc1ccc(-c2nnc(COC(=O)c3sc4ccc(F)cc4c3C)o2)cc1. The van der Waals surface area contributed by atoms with Crippen LogP contribution in [0.15, 0.2) is 46.9 Å². The van der Waals surface area contributed by atoms with Gasteiger partial charge in [0.05, 0.1) is 0 Å². The lowest BCUT2D eigenvalue weighted by atomic mass is 10.1. The number of rotatable bonds is 4. The summed E-state index contributed by atoms with van der Waals surface area (Å²) >= 11 is 1.27. The number of thiophene rings is 1. The predicted molar refractivity (Wildman–Crippen MR) is 100 cm³/mol. The van der Waals surface area contributed by atoms with E-state index in [4.69, 9.17) is 9.15 Å². The van der Waals surface area contributed by atoms with Crippen molar-refractivity contribution in [1.82, 2.24) is 10.2 Å². The minimum Gasteiger partial charge on any atom is -0.451 e. The average molecular weight is 382 g/mol. The highest BCUT2D eigenvalue weighted by Gasteiger charge is 2.18.